The molecule has 6 heteroatoms. The number of aryl methyl sites for hydroxylation is 1. The zero-order valence-electron chi connectivity index (χ0n) is 10.5. The number of aromatic nitrogens is 2. The molecule has 0 amide bonds. The van der Waals surface area contributed by atoms with Gasteiger partial charge < -0.3 is 5.32 Å². The minimum absolute atomic E-state index is 0.586. The van der Waals surface area contributed by atoms with Gasteiger partial charge in [-0.15, -0.1) is 0 Å². The molecule has 0 bridgehead atoms. The second kappa shape index (κ2) is 6.24. The number of rotatable bonds is 3. The van der Waals surface area contributed by atoms with Gasteiger partial charge in [0.15, 0.2) is 0 Å². The smallest absolute Gasteiger partial charge is 0.143 e. The molecule has 2 aromatic rings. The molecule has 0 radical (unpaired) electrons. The zero-order valence-corrected chi connectivity index (χ0v) is 14.1. The van der Waals surface area contributed by atoms with E-state index in [1.165, 1.54) is 0 Å². The van der Waals surface area contributed by atoms with E-state index in [1.807, 2.05) is 26.1 Å². The number of anilines is 1. The van der Waals surface area contributed by atoms with Gasteiger partial charge in [0.1, 0.15) is 11.6 Å². The first-order valence-corrected chi connectivity index (χ1v) is 7.49. The summed E-state index contributed by atoms with van der Waals surface area (Å²) in [4.78, 5) is 8.98. The monoisotopic (exact) mass is 407 g/mol. The molecule has 0 saturated heterocycles. The van der Waals surface area contributed by atoms with Crippen LogP contribution in [-0.4, -0.2) is 17.0 Å². The van der Waals surface area contributed by atoms with E-state index in [1.54, 1.807) is 6.07 Å². The Hall–Kier alpha value is -0.590. The third-order valence-electron chi connectivity index (χ3n) is 2.66. The van der Waals surface area contributed by atoms with E-state index < -0.39 is 0 Å². The summed E-state index contributed by atoms with van der Waals surface area (Å²) < 4.78 is 1.03. The van der Waals surface area contributed by atoms with Crippen LogP contribution in [0.25, 0.3) is 0 Å². The fourth-order valence-electron chi connectivity index (χ4n) is 1.70. The minimum Gasteiger partial charge on any atom is -0.372 e. The molecule has 1 N–H and O–H groups in total. The molecule has 0 atom stereocenters. The van der Waals surface area contributed by atoms with Crippen molar-refractivity contribution in [2.75, 3.05) is 12.4 Å². The van der Waals surface area contributed by atoms with E-state index in [4.69, 9.17) is 23.2 Å². The highest BCUT2D eigenvalue weighted by Crippen LogP contribution is 2.24. The van der Waals surface area contributed by atoms with Crippen LogP contribution in [0.2, 0.25) is 10.0 Å². The highest BCUT2D eigenvalue weighted by molar-refractivity contribution is 14.1. The maximum absolute atomic E-state index is 6.17. The van der Waals surface area contributed by atoms with Crippen molar-refractivity contribution >= 4 is 51.6 Å². The van der Waals surface area contributed by atoms with Gasteiger partial charge in [-0.05, 0) is 47.2 Å². The zero-order chi connectivity index (χ0) is 14.0. The second-order valence-corrected chi connectivity index (χ2v) is 5.97. The van der Waals surface area contributed by atoms with Gasteiger partial charge >= 0.3 is 0 Å². The van der Waals surface area contributed by atoms with Crippen LogP contribution in [0, 0.1) is 10.5 Å². The van der Waals surface area contributed by atoms with Crippen molar-refractivity contribution in [3.8, 4) is 0 Å². The average Bonchev–Trinajstić information content (AvgIpc) is 2.37. The Bertz CT molecular complexity index is 617. The number of halogens is 3. The molecule has 0 aliphatic heterocycles. The van der Waals surface area contributed by atoms with Gasteiger partial charge in [-0.1, -0.05) is 29.3 Å². The molecule has 1 heterocycles. The number of benzene rings is 1. The van der Waals surface area contributed by atoms with E-state index in [-0.39, 0.29) is 0 Å². The van der Waals surface area contributed by atoms with Crippen LogP contribution in [0.1, 0.15) is 17.1 Å². The Labute approximate surface area is 135 Å². The molecule has 2 rings (SSSR count). The lowest BCUT2D eigenvalue weighted by molar-refractivity contribution is 0.935. The van der Waals surface area contributed by atoms with E-state index in [0.29, 0.717) is 16.5 Å². The normalized spacial score (nSPS) is 10.6. The predicted octanol–water partition coefficient (Wildman–Crippen LogP) is 4.33. The number of hydrogen-bond donors (Lipinski definition) is 1. The molecule has 100 valence electrons. The summed E-state index contributed by atoms with van der Waals surface area (Å²) in [6.45, 7) is 1.97. The van der Waals surface area contributed by atoms with E-state index in [9.17, 15) is 0 Å². The summed E-state index contributed by atoms with van der Waals surface area (Å²) in [7, 11) is 1.85. The maximum Gasteiger partial charge on any atom is 0.143 e. The quantitative estimate of drug-likeness (QED) is 0.769. The fraction of sp³-hybridized carbons (Fsp3) is 0.231. The highest BCUT2D eigenvalue weighted by Gasteiger charge is 2.10. The Morgan fingerprint density at radius 1 is 1.26 bits per heavy atom. The largest absolute Gasteiger partial charge is 0.372 e. The summed E-state index contributed by atoms with van der Waals surface area (Å²) in [5.41, 5.74) is 1.92. The molecule has 0 spiro atoms. The van der Waals surface area contributed by atoms with Crippen molar-refractivity contribution in [1.82, 2.24) is 9.97 Å². The molecule has 0 fully saturated rings. The number of hydrogen-bond acceptors (Lipinski definition) is 3. The topological polar surface area (TPSA) is 37.8 Å². The van der Waals surface area contributed by atoms with Crippen molar-refractivity contribution in [3.63, 3.8) is 0 Å². The van der Waals surface area contributed by atoms with Gasteiger partial charge in [0, 0.05) is 23.5 Å². The van der Waals surface area contributed by atoms with Gasteiger partial charge in [0.2, 0.25) is 0 Å². The lowest BCUT2D eigenvalue weighted by Gasteiger charge is -2.09. The molecule has 3 nitrogen and oxygen atoms in total. The minimum atomic E-state index is 0.586. The SMILES string of the molecule is CNc1nc(Cc2ccc(Cl)cc2Cl)nc(C)c1I. The third kappa shape index (κ3) is 3.49. The summed E-state index contributed by atoms with van der Waals surface area (Å²) in [5, 5.41) is 4.34. The van der Waals surface area contributed by atoms with E-state index >= 15 is 0 Å². The average molecular weight is 408 g/mol. The highest BCUT2D eigenvalue weighted by atomic mass is 127. The van der Waals surface area contributed by atoms with Crippen LogP contribution in [0.3, 0.4) is 0 Å². The fourth-order valence-corrected chi connectivity index (χ4v) is 2.68. The molecule has 1 aromatic carbocycles. The standard InChI is InChI=1S/C13H12Cl2IN3/c1-7-12(16)13(17-2)19-11(18-7)5-8-3-4-9(14)6-10(8)15/h3-4,6H,5H2,1-2H3,(H,17,18,19). The first-order valence-electron chi connectivity index (χ1n) is 5.66. The van der Waals surface area contributed by atoms with Crippen LogP contribution in [-0.2, 0) is 6.42 Å². The van der Waals surface area contributed by atoms with Gasteiger partial charge in [-0.3, -0.25) is 0 Å². The van der Waals surface area contributed by atoms with Gasteiger partial charge in [0.05, 0.1) is 9.26 Å². The summed E-state index contributed by atoms with van der Waals surface area (Å²) in [6.07, 6.45) is 0.586. The van der Waals surface area contributed by atoms with E-state index in [0.717, 1.165) is 26.5 Å². The molecule has 0 unspecified atom stereocenters. The van der Waals surface area contributed by atoms with Crippen molar-refractivity contribution in [1.29, 1.82) is 0 Å². The predicted molar refractivity (Wildman–Crippen MR) is 88.3 cm³/mol. The molecule has 0 aliphatic carbocycles. The summed E-state index contributed by atoms with van der Waals surface area (Å²) in [5.74, 6) is 1.58. The first kappa shape index (κ1) is 14.8. The van der Waals surface area contributed by atoms with Gasteiger partial charge in [0.25, 0.3) is 0 Å². The summed E-state index contributed by atoms with van der Waals surface area (Å²) in [6, 6.07) is 5.46. The molecule has 0 aliphatic rings. The van der Waals surface area contributed by atoms with Crippen molar-refractivity contribution in [3.05, 3.63) is 48.9 Å². The van der Waals surface area contributed by atoms with Crippen LogP contribution < -0.4 is 5.32 Å². The van der Waals surface area contributed by atoms with Gasteiger partial charge in [-0.25, -0.2) is 9.97 Å². The maximum atomic E-state index is 6.17. The molecular weight excluding hydrogens is 396 g/mol. The Kier molecular flexibility index (Phi) is 4.86. The van der Waals surface area contributed by atoms with Crippen LogP contribution in [0.4, 0.5) is 5.82 Å². The molecule has 19 heavy (non-hydrogen) atoms. The van der Waals surface area contributed by atoms with Crippen molar-refractivity contribution in [2.45, 2.75) is 13.3 Å². The Morgan fingerprint density at radius 2 is 2.00 bits per heavy atom. The van der Waals surface area contributed by atoms with Gasteiger partial charge in [-0.2, -0.15) is 0 Å². The number of nitrogens with zero attached hydrogens (tertiary/aromatic N) is 2. The lowest BCUT2D eigenvalue weighted by Crippen LogP contribution is -2.06. The van der Waals surface area contributed by atoms with Crippen LogP contribution in [0.15, 0.2) is 18.2 Å². The third-order valence-corrected chi connectivity index (χ3v) is 4.54. The Balaban J connectivity index is 2.35. The second-order valence-electron chi connectivity index (χ2n) is 4.05. The van der Waals surface area contributed by atoms with Crippen LogP contribution >= 0.6 is 45.8 Å². The first-order chi connectivity index (χ1) is 9.01. The van der Waals surface area contributed by atoms with E-state index in [2.05, 4.69) is 37.9 Å². The Morgan fingerprint density at radius 3 is 2.63 bits per heavy atom. The summed E-state index contributed by atoms with van der Waals surface area (Å²) >= 11 is 14.3. The lowest BCUT2D eigenvalue weighted by atomic mass is 10.1. The molecule has 1 aromatic heterocycles. The molecule has 0 saturated carbocycles. The van der Waals surface area contributed by atoms with Crippen LogP contribution in [0.5, 0.6) is 0 Å². The van der Waals surface area contributed by atoms with Crippen molar-refractivity contribution < 1.29 is 0 Å². The van der Waals surface area contributed by atoms with Crippen molar-refractivity contribution in [2.24, 2.45) is 0 Å². The molecular formula is C13H12Cl2IN3. The number of nitrogens with one attached hydrogen (secondary N) is 1.